The highest BCUT2D eigenvalue weighted by Crippen LogP contribution is 2.23. The lowest BCUT2D eigenvalue weighted by Gasteiger charge is -1.97. The zero-order chi connectivity index (χ0) is 11.5. The van der Waals surface area contributed by atoms with Crippen LogP contribution in [0.2, 0.25) is 0 Å². The van der Waals surface area contributed by atoms with Crippen LogP contribution in [0.1, 0.15) is 5.56 Å². The van der Waals surface area contributed by atoms with Gasteiger partial charge in [-0.3, -0.25) is 5.10 Å². The van der Waals surface area contributed by atoms with Crippen LogP contribution in [0.4, 0.5) is 0 Å². The van der Waals surface area contributed by atoms with Crippen molar-refractivity contribution in [1.29, 1.82) is 0 Å². The summed E-state index contributed by atoms with van der Waals surface area (Å²) in [6.45, 7) is 0. The lowest BCUT2D eigenvalue weighted by atomic mass is 10.2. The van der Waals surface area contributed by atoms with E-state index >= 15 is 0 Å². The Hall–Kier alpha value is -2.15. The molecule has 16 heavy (non-hydrogen) atoms. The van der Waals surface area contributed by atoms with Gasteiger partial charge in [-0.05, 0) is 36.0 Å². The molecule has 0 aliphatic heterocycles. The molecule has 7 heteroatoms. The fourth-order valence-electron chi connectivity index (χ4n) is 1.07. The molecule has 1 aromatic heterocycles. The number of H-pyrrole nitrogens is 1. The van der Waals surface area contributed by atoms with Gasteiger partial charge in [0.25, 0.3) is 0 Å². The molecule has 0 spiro atoms. The maximum absolute atomic E-state index is 9.25. The standard InChI is InChI=1S/C9H8N4O2S/c14-7-2-1-6(3-8(7)15)4-11-13-5-10-12-9(13)16/h1-5,14-15H,(H,12,16)/b11-4-. The summed E-state index contributed by atoms with van der Waals surface area (Å²) < 4.78 is 1.75. The summed E-state index contributed by atoms with van der Waals surface area (Å²) in [6, 6.07) is 4.39. The van der Waals surface area contributed by atoms with E-state index in [1.54, 1.807) is 6.07 Å². The zero-order valence-electron chi connectivity index (χ0n) is 8.03. The summed E-state index contributed by atoms with van der Waals surface area (Å²) in [4.78, 5) is 0. The lowest BCUT2D eigenvalue weighted by Crippen LogP contribution is -1.88. The van der Waals surface area contributed by atoms with E-state index in [0.29, 0.717) is 10.3 Å². The fraction of sp³-hybridized carbons (Fsp3) is 0. The van der Waals surface area contributed by atoms with Crippen molar-refractivity contribution < 1.29 is 10.2 Å². The van der Waals surface area contributed by atoms with Crippen molar-refractivity contribution in [1.82, 2.24) is 14.9 Å². The number of aromatic amines is 1. The third kappa shape index (κ3) is 2.09. The molecule has 0 radical (unpaired) electrons. The van der Waals surface area contributed by atoms with E-state index in [1.807, 2.05) is 0 Å². The van der Waals surface area contributed by atoms with Crippen molar-refractivity contribution >= 4 is 18.4 Å². The van der Waals surface area contributed by atoms with E-state index in [4.69, 9.17) is 17.3 Å². The molecule has 6 nitrogen and oxygen atoms in total. The van der Waals surface area contributed by atoms with Gasteiger partial charge in [-0.1, -0.05) is 0 Å². The van der Waals surface area contributed by atoms with Crippen LogP contribution in [0.15, 0.2) is 29.6 Å². The van der Waals surface area contributed by atoms with E-state index < -0.39 is 0 Å². The molecule has 1 heterocycles. The second-order valence-corrected chi connectivity index (χ2v) is 3.39. The van der Waals surface area contributed by atoms with E-state index in [9.17, 15) is 5.11 Å². The Bertz CT molecular complexity index is 587. The first-order valence-electron chi connectivity index (χ1n) is 4.35. The Morgan fingerprint density at radius 2 is 2.19 bits per heavy atom. The van der Waals surface area contributed by atoms with Gasteiger partial charge < -0.3 is 10.2 Å². The van der Waals surface area contributed by atoms with E-state index in [2.05, 4.69) is 15.3 Å². The first-order chi connectivity index (χ1) is 7.66. The molecular weight excluding hydrogens is 228 g/mol. The molecule has 1 aromatic carbocycles. The van der Waals surface area contributed by atoms with E-state index in [1.165, 1.54) is 29.4 Å². The Labute approximate surface area is 95.5 Å². The highest BCUT2D eigenvalue weighted by molar-refractivity contribution is 7.71. The predicted molar refractivity (Wildman–Crippen MR) is 60.2 cm³/mol. The Morgan fingerprint density at radius 3 is 2.81 bits per heavy atom. The van der Waals surface area contributed by atoms with Crippen molar-refractivity contribution in [3.8, 4) is 11.5 Å². The van der Waals surface area contributed by atoms with Crippen LogP contribution in [0.3, 0.4) is 0 Å². The smallest absolute Gasteiger partial charge is 0.216 e. The number of nitrogens with zero attached hydrogens (tertiary/aromatic N) is 3. The molecule has 0 fully saturated rings. The van der Waals surface area contributed by atoms with Gasteiger partial charge in [0.2, 0.25) is 4.77 Å². The first-order valence-corrected chi connectivity index (χ1v) is 4.76. The van der Waals surface area contributed by atoms with Crippen LogP contribution in [-0.4, -0.2) is 31.3 Å². The highest BCUT2D eigenvalue weighted by atomic mass is 32.1. The van der Waals surface area contributed by atoms with Crippen molar-refractivity contribution in [3.05, 3.63) is 34.9 Å². The number of hydrogen-bond acceptors (Lipinski definition) is 5. The molecule has 0 unspecified atom stereocenters. The average Bonchev–Trinajstić information content (AvgIpc) is 2.66. The van der Waals surface area contributed by atoms with Crippen molar-refractivity contribution in [2.24, 2.45) is 5.10 Å². The van der Waals surface area contributed by atoms with Gasteiger partial charge in [-0.25, -0.2) is 0 Å². The molecule has 0 bridgehead atoms. The molecule has 2 rings (SSSR count). The summed E-state index contributed by atoms with van der Waals surface area (Å²) in [7, 11) is 0. The van der Waals surface area contributed by atoms with Gasteiger partial charge in [-0.2, -0.15) is 14.9 Å². The number of rotatable bonds is 2. The number of benzene rings is 1. The maximum Gasteiger partial charge on any atom is 0.216 e. The monoisotopic (exact) mass is 236 g/mol. The number of nitrogens with one attached hydrogen (secondary N) is 1. The van der Waals surface area contributed by atoms with Gasteiger partial charge in [-0.15, -0.1) is 0 Å². The predicted octanol–water partition coefficient (Wildman–Crippen LogP) is 1.23. The quantitative estimate of drug-likeness (QED) is 0.416. The normalized spacial score (nSPS) is 11.0. The van der Waals surface area contributed by atoms with Gasteiger partial charge >= 0.3 is 0 Å². The van der Waals surface area contributed by atoms with Crippen molar-refractivity contribution in [2.45, 2.75) is 0 Å². The molecule has 3 N–H and O–H groups in total. The van der Waals surface area contributed by atoms with Crippen LogP contribution in [-0.2, 0) is 0 Å². The van der Waals surface area contributed by atoms with Crippen LogP contribution >= 0.6 is 12.2 Å². The van der Waals surface area contributed by atoms with Crippen LogP contribution in [0.25, 0.3) is 0 Å². The summed E-state index contributed by atoms with van der Waals surface area (Å²) in [5, 5.41) is 28.6. The van der Waals surface area contributed by atoms with Gasteiger partial charge in [0.1, 0.15) is 6.33 Å². The molecular formula is C9H8N4O2S. The van der Waals surface area contributed by atoms with Crippen LogP contribution in [0, 0.1) is 4.77 Å². The number of phenolic OH excluding ortho intramolecular Hbond substituents is 2. The Morgan fingerprint density at radius 1 is 1.38 bits per heavy atom. The average molecular weight is 236 g/mol. The van der Waals surface area contributed by atoms with E-state index in [-0.39, 0.29) is 11.5 Å². The molecule has 0 saturated heterocycles. The maximum atomic E-state index is 9.25. The summed E-state index contributed by atoms with van der Waals surface area (Å²) in [5.74, 6) is -0.364. The SMILES string of the molecule is Oc1ccc(/C=N\n2cn[nH]c2=S)cc1O. The lowest BCUT2D eigenvalue weighted by molar-refractivity contribution is 0.403. The summed E-state index contributed by atoms with van der Waals surface area (Å²) >= 11 is 4.89. The molecule has 0 aliphatic carbocycles. The molecule has 2 aromatic rings. The minimum absolute atomic E-state index is 0.169. The Balaban J connectivity index is 2.27. The highest BCUT2D eigenvalue weighted by Gasteiger charge is 1.98. The number of aromatic hydroxyl groups is 2. The van der Waals surface area contributed by atoms with Gasteiger partial charge in [0.05, 0.1) is 6.21 Å². The molecule has 0 aliphatic rings. The minimum atomic E-state index is -0.195. The number of phenols is 2. The largest absolute Gasteiger partial charge is 0.504 e. The second kappa shape index (κ2) is 4.15. The third-order valence-corrected chi connectivity index (χ3v) is 2.14. The number of hydrogen-bond donors (Lipinski definition) is 3. The van der Waals surface area contributed by atoms with Crippen LogP contribution in [0.5, 0.6) is 11.5 Å². The fourth-order valence-corrected chi connectivity index (χ4v) is 1.22. The van der Waals surface area contributed by atoms with Crippen LogP contribution < -0.4 is 0 Å². The summed E-state index contributed by atoms with van der Waals surface area (Å²) in [6.07, 6.45) is 2.92. The topological polar surface area (TPSA) is 86.4 Å². The molecule has 82 valence electrons. The number of aromatic nitrogens is 3. The third-order valence-electron chi connectivity index (χ3n) is 1.87. The minimum Gasteiger partial charge on any atom is -0.504 e. The Kier molecular flexibility index (Phi) is 2.69. The molecule has 0 atom stereocenters. The van der Waals surface area contributed by atoms with Gasteiger partial charge in [0.15, 0.2) is 11.5 Å². The molecule has 0 saturated carbocycles. The first kappa shape index (κ1) is 10.4. The van der Waals surface area contributed by atoms with E-state index in [0.717, 1.165) is 0 Å². The second-order valence-electron chi connectivity index (χ2n) is 3.00. The molecule has 0 amide bonds. The van der Waals surface area contributed by atoms with Gasteiger partial charge in [0, 0.05) is 0 Å². The zero-order valence-corrected chi connectivity index (χ0v) is 8.85. The van der Waals surface area contributed by atoms with Crippen molar-refractivity contribution in [3.63, 3.8) is 0 Å². The summed E-state index contributed by atoms with van der Waals surface area (Å²) in [5.41, 5.74) is 0.637. The van der Waals surface area contributed by atoms with Crippen molar-refractivity contribution in [2.75, 3.05) is 0 Å².